The Morgan fingerprint density at radius 1 is 1.24 bits per heavy atom. The lowest BCUT2D eigenvalue weighted by Crippen LogP contribution is -2.26. The highest BCUT2D eigenvalue weighted by atomic mass is 16.5. The average Bonchev–Trinajstić information content (AvgIpc) is 3.24. The Bertz CT molecular complexity index is 853. The maximum absolute atomic E-state index is 12.5. The third kappa shape index (κ3) is 3.72. The van der Waals surface area contributed by atoms with Gasteiger partial charge >= 0.3 is 0 Å². The van der Waals surface area contributed by atoms with Crippen molar-refractivity contribution in [1.82, 2.24) is 19.3 Å². The molecular weight excluding hydrogens is 320 g/mol. The summed E-state index contributed by atoms with van der Waals surface area (Å²) in [6, 6.07) is 7.66. The van der Waals surface area contributed by atoms with Crippen molar-refractivity contribution in [3.63, 3.8) is 0 Å². The van der Waals surface area contributed by atoms with Gasteiger partial charge in [-0.15, -0.1) is 0 Å². The zero-order chi connectivity index (χ0) is 17.6. The predicted octanol–water partition coefficient (Wildman–Crippen LogP) is 1.83. The van der Waals surface area contributed by atoms with Gasteiger partial charge in [0.05, 0.1) is 36.3 Å². The lowest BCUT2D eigenvalue weighted by Gasteiger charge is -2.03. The van der Waals surface area contributed by atoms with Crippen LogP contribution in [0.15, 0.2) is 43.0 Å². The SMILES string of the molecule is COCCNC(=O)c1cc(-c2cn(CCOC)cn2)n2ccccc12. The minimum atomic E-state index is -0.120. The molecule has 1 N–H and O–H groups in total. The molecule has 7 nitrogen and oxygen atoms in total. The van der Waals surface area contributed by atoms with E-state index < -0.39 is 0 Å². The molecule has 0 unspecified atom stereocenters. The van der Waals surface area contributed by atoms with Crippen LogP contribution in [0.5, 0.6) is 0 Å². The second-order valence-electron chi connectivity index (χ2n) is 5.64. The molecule has 0 saturated carbocycles. The number of rotatable bonds is 8. The molecule has 0 aliphatic rings. The highest BCUT2D eigenvalue weighted by Gasteiger charge is 2.17. The number of pyridine rings is 1. The number of nitrogens with one attached hydrogen (secondary N) is 1. The summed E-state index contributed by atoms with van der Waals surface area (Å²) in [5.41, 5.74) is 3.16. The molecule has 7 heteroatoms. The largest absolute Gasteiger partial charge is 0.383 e. The molecular formula is C18H22N4O3. The van der Waals surface area contributed by atoms with Gasteiger partial charge in [0, 0.05) is 39.7 Å². The molecule has 0 radical (unpaired) electrons. The van der Waals surface area contributed by atoms with E-state index >= 15 is 0 Å². The van der Waals surface area contributed by atoms with Crippen LogP contribution < -0.4 is 5.32 Å². The molecule has 3 aromatic heterocycles. The van der Waals surface area contributed by atoms with Crippen LogP contribution in [0, 0.1) is 0 Å². The maximum Gasteiger partial charge on any atom is 0.253 e. The summed E-state index contributed by atoms with van der Waals surface area (Å²) >= 11 is 0. The number of ether oxygens (including phenoxy) is 2. The minimum absolute atomic E-state index is 0.120. The van der Waals surface area contributed by atoms with Crippen molar-refractivity contribution in [2.75, 3.05) is 34.0 Å². The Kier molecular flexibility index (Phi) is 5.47. The maximum atomic E-state index is 12.5. The average molecular weight is 342 g/mol. The zero-order valence-electron chi connectivity index (χ0n) is 14.4. The Morgan fingerprint density at radius 3 is 2.88 bits per heavy atom. The van der Waals surface area contributed by atoms with E-state index in [4.69, 9.17) is 9.47 Å². The fourth-order valence-corrected chi connectivity index (χ4v) is 2.71. The van der Waals surface area contributed by atoms with E-state index in [1.54, 1.807) is 20.5 Å². The van der Waals surface area contributed by atoms with Gasteiger partial charge in [0.25, 0.3) is 5.91 Å². The number of nitrogens with zero attached hydrogens (tertiary/aromatic N) is 3. The van der Waals surface area contributed by atoms with Gasteiger partial charge in [0.2, 0.25) is 0 Å². The predicted molar refractivity (Wildman–Crippen MR) is 94.7 cm³/mol. The minimum Gasteiger partial charge on any atom is -0.383 e. The van der Waals surface area contributed by atoms with E-state index in [1.807, 2.05) is 45.6 Å². The van der Waals surface area contributed by atoms with Crippen LogP contribution >= 0.6 is 0 Å². The summed E-state index contributed by atoms with van der Waals surface area (Å²) in [7, 11) is 3.28. The summed E-state index contributed by atoms with van der Waals surface area (Å²) in [6.45, 7) is 2.31. The number of hydrogen-bond donors (Lipinski definition) is 1. The van der Waals surface area contributed by atoms with E-state index in [0.717, 1.165) is 23.4 Å². The molecule has 0 aliphatic carbocycles. The normalized spacial score (nSPS) is 11.1. The standard InChI is InChI=1S/C18H22N4O3/c1-24-9-6-19-18(23)14-11-17(22-7-4-3-5-16(14)22)15-12-21(13-20-15)8-10-25-2/h3-5,7,11-13H,6,8-10H2,1-2H3,(H,19,23). The molecule has 132 valence electrons. The van der Waals surface area contributed by atoms with E-state index in [0.29, 0.717) is 25.3 Å². The van der Waals surface area contributed by atoms with Crippen LogP contribution in [0.3, 0.4) is 0 Å². The van der Waals surface area contributed by atoms with Crippen molar-refractivity contribution in [2.24, 2.45) is 0 Å². The Balaban J connectivity index is 1.93. The third-order valence-corrected chi connectivity index (χ3v) is 3.96. The summed E-state index contributed by atoms with van der Waals surface area (Å²) < 4.78 is 14.0. The van der Waals surface area contributed by atoms with Crippen molar-refractivity contribution in [1.29, 1.82) is 0 Å². The monoisotopic (exact) mass is 342 g/mol. The molecule has 0 aliphatic heterocycles. The van der Waals surface area contributed by atoms with Crippen LogP contribution in [0.25, 0.3) is 16.9 Å². The second-order valence-corrected chi connectivity index (χ2v) is 5.64. The molecule has 3 rings (SSSR count). The molecule has 0 atom stereocenters. The first-order valence-electron chi connectivity index (χ1n) is 8.13. The second kappa shape index (κ2) is 7.96. The van der Waals surface area contributed by atoms with Gasteiger partial charge in [-0.25, -0.2) is 4.98 Å². The number of hydrogen-bond acceptors (Lipinski definition) is 4. The Morgan fingerprint density at radius 2 is 2.08 bits per heavy atom. The van der Waals surface area contributed by atoms with Crippen molar-refractivity contribution in [3.8, 4) is 11.4 Å². The lowest BCUT2D eigenvalue weighted by molar-refractivity contribution is 0.0939. The zero-order valence-corrected chi connectivity index (χ0v) is 14.4. The molecule has 0 bridgehead atoms. The van der Waals surface area contributed by atoms with Crippen molar-refractivity contribution < 1.29 is 14.3 Å². The first-order chi connectivity index (χ1) is 12.2. The summed E-state index contributed by atoms with van der Waals surface area (Å²) in [5.74, 6) is -0.120. The summed E-state index contributed by atoms with van der Waals surface area (Å²) in [4.78, 5) is 17.0. The molecule has 1 amide bonds. The van der Waals surface area contributed by atoms with Crippen molar-refractivity contribution >= 4 is 11.4 Å². The molecule has 0 fully saturated rings. The third-order valence-electron chi connectivity index (χ3n) is 3.96. The first-order valence-corrected chi connectivity index (χ1v) is 8.13. The Labute approximate surface area is 146 Å². The van der Waals surface area contributed by atoms with Crippen LogP contribution in [0.4, 0.5) is 0 Å². The topological polar surface area (TPSA) is 69.8 Å². The number of carbonyl (C=O) groups excluding carboxylic acids is 1. The summed E-state index contributed by atoms with van der Waals surface area (Å²) in [5, 5.41) is 2.87. The van der Waals surface area contributed by atoms with Gasteiger partial charge in [-0.3, -0.25) is 4.79 Å². The van der Waals surface area contributed by atoms with E-state index in [1.165, 1.54) is 0 Å². The molecule has 3 aromatic rings. The number of imidazole rings is 1. The lowest BCUT2D eigenvalue weighted by atomic mass is 10.2. The summed E-state index contributed by atoms with van der Waals surface area (Å²) in [6.07, 6.45) is 5.67. The van der Waals surface area contributed by atoms with Gasteiger partial charge < -0.3 is 23.8 Å². The van der Waals surface area contributed by atoms with Gasteiger partial charge in [-0.05, 0) is 18.2 Å². The van der Waals surface area contributed by atoms with E-state index in [2.05, 4.69) is 10.3 Å². The smallest absolute Gasteiger partial charge is 0.253 e. The van der Waals surface area contributed by atoms with Crippen molar-refractivity contribution in [3.05, 3.63) is 48.5 Å². The molecule has 3 heterocycles. The molecule has 0 saturated heterocycles. The van der Waals surface area contributed by atoms with Gasteiger partial charge in [-0.1, -0.05) is 6.07 Å². The number of aromatic nitrogens is 3. The number of methoxy groups -OCH3 is 2. The van der Waals surface area contributed by atoms with E-state index in [9.17, 15) is 4.79 Å². The van der Waals surface area contributed by atoms with Gasteiger partial charge in [0.1, 0.15) is 5.69 Å². The van der Waals surface area contributed by atoms with E-state index in [-0.39, 0.29) is 5.91 Å². The quantitative estimate of drug-likeness (QED) is 0.634. The van der Waals surface area contributed by atoms with Gasteiger partial charge in [0.15, 0.2) is 0 Å². The van der Waals surface area contributed by atoms with Crippen LogP contribution in [0.2, 0.25) is 0 Å². The Hall–Kier alpha value is -2.64. The highest BCUT2D eigenvalue weighted by Crippen LogP contribution is 2.25. The first kappa shape index (κ1) is 17.2. The molecule has 0 spiro atoms. The molecule has 25 heavy (non-hydrogen) atoms. The number of carbonyl (C=O) groups is 1. The van der Waals surface area contributed by atoms with Crippen molar-refractivity contribution in [2.45, 2.75) is 6.54 Å². The molecule has 0 aromatic carbocycles. The van der Waals surface area contributed by atoms with Crippen LogP contribution in [-0.2, 0) is 16.0 Å². The highest BCUT2D eigenvalue weighted by molar-refractivity contribution is 6.02. The fraction of sp³-hybridized carbons (Fsp3) is 0.333. The number of fused-ring (bicyclic) bond motifs is 1. The van der Waals surface area contributed by atoms with Gasteiger partial charge in [-0.2, -0.15) is 0 Å². The number of amides is 1. The fourth-order valence-electron chi connectivity index (χ4n) is 2.71. The van der Waals surface area contributed by atoms with Crippen LogP contribution in [-0.4, -0.2) is 53.8 Å². The van der Waals surface area contributed by atoms with Crippen LogP contribution in [0.1, 0.15) is 10.4 Å².